The van der Waals surface area contributed by atoms with Crippen LogP contribution in [0.15, 0.2) is 72.9 Å². The summed E-state index contributed by atoms with van der Waals surface area (Å²) in [4.78, 5) is 17.3. The predicted molar refractivity (Wildman–Crippen MR) is 96.4 cm³/mol. The zero-order valence-corrected chi connectivity index (χ0v) is 13.9. The first kappa shape index (κ1) is 14.4. The number of amides is 1. The number of carbonyl (C=O) groups is 1. The fourth-order valence-corrected chi connectivity index (χ4v) is 4.75. The van der Waals surface area contributed by atoms with Gasteiger partial charge >= 0.3 is 0 Å². The lowest BCUT2D eigenvalue weighted by atomic mass is 9.77. The Balaban J connectivity index is 1.80. The molecule has 0 radical (unpaired) electrons. The summed E-state index contributed by atoms with van der Waals surface area (Å²) < 4.78 is 0. The van der Waals surface area contributed by atoms with Gasteiger partial charge in [0.05, 0.1) is 11.3 Å². The van der Waals surface area contributed by atoms with E-state index in [1.54, 1.807) is 6.20 Å². The van der Waals surface area contributed by atoms with Crippen molar-refractivity contribution in [3.63, 3.8) is 0 Å². The number of nitrogens with zero attached hydrogens (tertiary/aromatic N) is 1. The SMILES string of the molecule is C[C@H]1[C@@H](c2ccccc2)c2ccccc2[C@@]12NC(=O)c1cccnc12. The zero-order valence-electron chi connectivity index (χ0n) is 13.9. The average Bonchev–Trinajstić information content (AvgIpc) is 3.10. The summed E-state index contributed by atoms with van der Waals surface area (Å²) in [7, 11) is 0. The normalized spacial score (nSPS) is 26.4. The van der Waals surface area contributed by atoms with E-state index in [1.165, 1.54) is 16.7 Å². The summed E-state index contributed by atoms with van der Waals surface area (Å²) in [6, 6.07) is 22.7. The third-order valence-electron chi connectivity index (χ3n) is 5.80. The smallest absolute Gasteiger partial charge is 0.254 e. The lowest BCUT2D eigenvalue weighted by molar-refractivity contribution is 0.0924. The number of carbonyl (C=O) groups excluding carboxylic acids is 1. The minimum atomic E-state index is -0.551. The molecule has 1 aliphatic heterocycles. The van der Waals surface area contributed by atoms with E-state index in [0.29, 0.717) is 5.56 Å². The van der Waals surface area contributed by atoms with Crippen LogP contribution in [0.25, 0.3) is 0 Å². The molecule has 0 fully saturated rings. The molecule has 2 aromatic carbocycles. The lowest BCUT2D eigenvalue weighted by Gasteiger charge is -2.32. The van der Waals surface area contributed by atoms with Crippen LogP contribution in [0.1, 0.15) is 45.6 Å². The van der Waals surface area contributed by atoms with Gasteiger partial charge in [0.1, 0.15) is 5.54 Å². The summed E-state index contributed by atoms with van der Waals surface area (Å²) in [6.45, 7) is 2.22. The second-order valence-electron chi connectivity index (χ2n) is 6.93. The molecule has 1 N–H and O–H groups in total. The molecule has 2 aliphatic rings. The van der Waals surface area contributed by atoms with Crippen molar-refractivity contribution in [2.75, 3.05) is 0 Å². The summed E-state index contributed by atoms with van der Waals surface area (Å²) in [5.41, 5.74) is 4.72. The van der Waals surface area contributed by atoms with Gasteiger partial charge in [0.2, 0.25) is 0 Å². The van der Waals surface area contributed by atoms with Crippen LogP contribution in [0.3, 0.4) is 0 Å². The van der Waals surface area contributed by atoms with Gasteiger partial charge in [-0.15, -0.1) is 0 Å². The standard InChI is InChI=1S/C22H18N2O/c1-14-19(15-8-3-2-4-9-15)16-10-5-6-12-18(16)22(14)20-17(21(25)24-22)11-7-13-23-20/h2-14,19H,1H3,(H,24,25)/t14-,19-,22-/m0/s1. The van der Waals surface area contributed by atoms with Crippen LogP contribution in [0.4, 0.5) is 0 Å². The number of benzene rings is 2. The Labute approximate surface area is 146 Å². The molecule has 1 aromatic heterocycles. The van der Waals surface area contributed by atoms with Crippen molar-refractivity contribution >= 4 is 5.91 Å². The Morgan fingerprint density at radius 1 is 0.960 bits per heavy atom. The third kappa shape index (κ3) is 1.75. The van der Waals surface area contributed by atoms with Crippen LogP contribution in [0, 0.1) is 5.92 Å². The van der Waals surface area contributed by atoms with Gasteiger partial charge in [-0.05, 0) is 28.8 Å². The maximum absolute atomic E-state index is 12.7. The van der Waals surface area contributed by atoms with E-state index >= 15 is 0 Å². The Morgan fingerprint density at radius 2 is 1.72 bits per heavy atom. The highest BCUT2D eigenvalue weighted by Crippen LogP contribution is 2.56. The number of pyridine rings is 1. The molecule has 0 unspecified atom stereocenters. The highest BCUT2D eigenvalue weighted by Gasteiger charge is 2.57. The maximum Gasteiger partial charge on any atom is 0.254 e. The molecule has 1 spiro atoms. The average molecular weight is 326 g/mol. The molecule has 1 aliphatic carbocycles. The van der Waals surface area contributed by atoms with E-state index in [0.717, 1.165) is 5.69 Å². The van der Waals surface area contributed by atoms with E-state index < -0.39 is 5.54 Å². The minimum absolute atomic E-state index is 0.0292. The van der Waals surface area contributed by atoms with E-state index in [4.69, 9.17) is 0 Å². The molecule has 2 heterocycles. The van der Waals surface area contributed by atoms with Crippen molar-refractivity contribution in [1.29, 1.82) is 0 Å². The molecule has 3 nitrogen and oxygen atoms in total. The second-order valence-corrected chi connectivity index (χ2v) is 6.93. The largest absolute Gasteiger partial charge is 0.336 e. The quantitative estimate of drug-likeness (QED) is 0.738. The molecular weight excluding hydrogens is 308 g/mol. The molecule has 0 bridgehead atoms. The van der Waals surface area contributed by atoms with Crippen LogP contribution in [-0.4, -0.2) is 10.9 Å². The Bertz CT molecular complexity index is 982. The number of rotatable bonds is 1. The zero-order chi connectivity index (χ0) is 17.0. The van der Waals surface area contributed by atoms with Crippen molar-refractivity contribution < 1.29 is 4.79 Å². The maximum atomic E-state index is 12.7. The van der Waals surface area contributed by atoms with Gasteiger partial charge in [-0.25, -0.2) is 0 Å². The van der Waals surface area contributed by atoms with Gasteiger partial charge in [-0.2, -0.15) is 0 Å². The number of fused-ring (bicyclic) bond motifs is 4. The molecular formula is C22H18N2O. The minimum Gasteiger partial charge on any atom is -0.336 e. The van der Waals surface area contributed by atoms with E-state index in [1.807, 2.05) is 24.3 Å². The first-order valence-electron chi connectivity index (χ1n) is 8.66. The molecule has 3 heteroatoms. The molecule has 0 saturated carbocycles. The van der Waals surface area contributed by atoms with Crippen molar-refractivity contribution in [2.24, 2.45) is 5.92 Å². The van der Waals surface area contributed by atoms with E-state index in [-0.39, 0.29) is 17.7 Å². The molecule has 25 heavy (non-hydrogen) atoms. The molecule has 3 aromatic rings. The number of nitrogens with one attached hydrogen (secondary N) is 1. The summed E-state index contributed by atoms with van der Waals surface area (Å²) in [5.74, 6) is 0.372. The monoisotopic (exact) mass is 326 g/mol. The fraction of sp³-hybridized carbons (Fsp3) is 0.182. The Hall–Kier alpha value is -2.94. The summed E-state index contributed by atoms with van der Waals surface area (Å²) in [6.07, 6.45) is 1.78. The first-order chi connectivity index (χ1) is 12.2. The molecule has 122 valence electrons. The molecule has 5 rings (SSSR count). The van der Waals surface area contributed by atoms with Gasteiger partial charge in [-0.3, -0.25) is 9.78 Å². The van der Waals surface area contributed by atoms with Crippen LogP contribution in [0.2, 0.25) is 0 Å². The molecule has 3 atom stereocenters. The van der Waals surface area contributed by atoms with Crippen LogP contribution >= 0.6 is 0 Å². The van der Waals surface area contributed by atoms with Gasteiger partial charge in [0.15, 0.2) is 0 Å². The van der Waals surface area contributed by atoms with Crippen LogP contribution < -0.4 is 5.32 Å². The topological polar surface area (TPSA) is 42.0 Å². The summed E-state index contributed by atoms with van der Waals surface area (Å²) >= 11 is 0. The first-order valence-corrected chi connectivity index (χ1v) is 8.66. The predicted octanol–water partition coefficient (Wildman–Crippen LogP) is 3.85. The molecule has 1 amide bonds. The lowest BCUT2D eigenvalue weighted by Crippen LogP contribution is -2.44. The second kappa shape index (κ2) is 5.03. The van der Waals surface area contributed by atoms with Gasteiger partial charge in [-0.1, -0.05) is 61.5 Å². The van der Waals surface area contributed by atoms with Gasteiger partial charge < -0.3 is 5.32 Å². The van der Waals surface area contributed by atoms with Gasteiger partial charge in [0, 0.05) is 18.0 Å². The third-order valence-corrected chi connectivity index (χ3v) is 5.80. The van der Waals surface area contributed by atoms with E-state index in [2.05, 4.69) is 59.7 Å². The van der Waals surface area contributed by atoms with Crippen molar-refractivity contribution in [3.8, 4) is 0 Å². The summed E-state index contributed by atoms with van der Waals surface area (Å²) in [5, 5.41) is 3.30. The van der Waals surface area contributed by atoms with Crippen LogP contribution in [0.5, 0.6) is 0 Å². The van der Waals surface area contributed by atoms with Gasteiger partial charge in [0.25, 0.3) is 5.91 Å². The Morgan fingerprint density at radius 3 is 2.56 bits per heavy atom. The fourth-order valence-electron chi connectivity index (χ4n) is 4.75. The van der Waals surface area contributed by atoms with Crippen molar-refractivity contribution in [1.82, 2.24) is 10.3 Å². The number of aromatic nitrogens is 1. The van der Waals surface area contributed by atoms with Crippen LogP contribution in [-0.2, 0) is 5.54 Å². The Kier molecular flexibility index (Phi) is 2.90. The number of hydrogen-bond donors (Lipinski definition) is 1. The highest BCUT2D eigenvalue weighted by atomic mass is 16.2. The van der Waals surface area contributed by atoms with Crippen molar-refractivity contribution in [3.05, 3.63) is 101 Å². The molecule has 0 saturated heterocycles. The number of hydrogen-bond acceptors (Lipinski definition) is 2. The van der Waals surface area contributed by atoms with E-state index in [9.17, 15) is 4.79 Å². The van der Waals surface area contributed by atoms with Crippen molar-refractivity contribution in [2.45, 2.75) is 18.4 Å². The highest BCUT2D eigenvalue weighted by molar-refractivity contribution is 6.00.